The van der Waals surface area contributed by atoms with E-state index in [1.807, 2.05) is 36.4 Å². The van der Waals surface area contributed by atoms with E-state index in [2.05, 4.69) is 10.8 Å². The van der Waals surface area contributed by atoms with Gasteiger partial charge < -0.3 is 4.74 Å². The zero-order valence-corrected chi connectivity index (χ0v) is 16.9. The van der Waals surface area contributed by atoms with Gasteiger partial charge in [-0.15, -0.1) is 0 Å². The van der Waals surface area contributed by atoms with E-state index in [-0.39, 0.29) is 17.9 Å². The van der Waals surface area contributed by atoms with Crippen LogP contribution < -0.4 is 9.46 Å². The van der Waals surface area contributed by atoms with Crippen LogP contribution in [0.25, 0.3) is 11.1 Å². The normalized spacial score (nSPS) is 13.2. The molecule has 1 N–H and O–H groups in total. The number of halogens is 1. The van der Waals surface area contributed by atoms with Gasteiger partial charge in [0.05, 0.1) is 12.4 Å². The number of hydrogen-bond acceptors (Lipinski definition) is 3. The van der Waals surface area contributed by atoms with E-state index in [0.29, 0.717) is 0 Å². The van der Waals surface area contributed by atoms with Gasteiger partial charge in [-0.25, -0.2) is 17.5 Å². The van der Waals surface area contributed by atoms with Crippen molar-refractivity contribution in [2.24, 2.45) is 0 Å². The molecular formula is C23H22FNO3S. The second kappa shape index (κ2) is 7.97. The molecule has 0 amide bonds. The molecule has 3 aromatic rings. The van der Waals surface area contributed by atoms with E-state index in [4.69, 9.17) is 4.74 Å². The summed E-state index contributed by atoms with van der Waals surface area (Å²) in [5.74, 6) is 0.0678. The zero-order valence-electron chi connectivity index (χ0n) is 16.1. The summed E-state index contributed by atoms with van der Waals surface area (Å²) in [6.45, 7) is 2.65. The van der Waals surface area contributed by atoms with Crippen LogP contribution in [-0.2, 0) is 28.7 Å². The van der Waals surface area contributed by atoms with E-state index < -0.39 is 15.8 Å². The van der Waals surface area contributed by atoms with Gasteiger partial charge in [-0.1, -0.05) is 42.5 Å². The highest BCUT2D eigenvalue weighted by atomic mass is 32.2. The highest BCUT2D eigenvalue weighted by Gasteiger charge is 2.15. The highest BCUT2D eigenvalue weighted by molar-refractivity contribution is 7.88. The molecule has 0 fully saturated rings. The van der Waals surface area contributed by atoms with Crippen molar-refractivity contribution >= 4 is 10.0 Å². The molecule has 4 nitrogen and oxygen atoms in total. The van der Waals surface area contributed by atoms with Gasteiger partial charge in [0, 0.05) is 18.5 Å². The number of hydrogen-bond donors (Lipinski definition) is 1. The number of nitrogens with one attached hydrogen (secondary N) is 1. The molecule has 6 heteroatoms. The van der Waals surface area contributed by atoms with Gasteiger partial charge in [0.25, 0.3) is 0 Å². The van der Waals surface area contributed by atoms with Crippen molar-refractivity contribution in [1.29, 1.82) is 0 Å². The summed E-state index contributed by atoms with van der Waals surface area (Å²) >= 11 is 0. The molecule has 1 aliphatic heterocycles. The van der Waals surface area contributed by atoms with Crippen LogP contribution in [0.5, 0.6) is 5.75 Å². The van der Waals surface area contributed by atoms with Crippen LogP contribution >= 0.6 is 0 Å². The molecule has 0 radical (unpaired) electrons. The number of sulfonamides is 1. The zero-order chi connectivity index (χ0) is 20.4. The van der Waals surface area contributed by atoms with Crippen LogP contribution in [0, 0.1) is 12.7 Å². The summed E-state index contributed by atoms with van der Waals surface area (Å²) in [5.41, 5.74) is 5.14. The van der Waals surface area contributed by atoms with Crippen LogP contribution in [0.1, 0.15) is 22.3 Å². The molecule has 0 atom stereocenters. The molecule has 0 saturated heterocycles. The van der Waals surface area contributed by atoms with E-state index in [9.17, 15) is 12.8 Å². The van der Waals surface area contributed by atoms with Crippen molar-refractivity contribution in [2.45, 2.75) is 25.6 Å². The summed E-state index contributed by atoms with van der Waals surface area (Å²) in [7, 11) is -3.64. The fourth-order valence-electron chi connectivity index (χ4n) is 3.40. The van der Waals surface area contributed by atoms with Crippen molar-refractivity contribution in [1.82, 2.24) is 4.72 Å². The lowest BCUT2D eigenvalue weighted by atomic mass is 10.0. The third kappa shape index (κ3) is 4.66. The molecule has 1 aliphatic rings. The molecule has 0 aliphatic carbocycles. The molecule has 0 aromatic heterocycles. The Morgan fingerprint density at radius 1 is 1.00 bits per heavy atom. The molecule has 4 rings (SSSR count). The Balaban J connectivity index is 1.41. The van der Waals surface area contributed by atoms with Crippen LogP contribution in [0.3, 0.4) is 0 Å². The number of rotatable bonds is 6. The van der Waals surface area contributed by atoms with Crippen molar-refractivity contribution in [3.63, 3.8) is 0 Å². The summed E-state index contributed by atoms with van der Waals surface area (Å²) in [4.78, 5) is 0. The van der Waals surface area contributed by atoms with Gasteiger partial charge in [-0.2, -0.15) is 0 Å². The lowest BCUT2D eigenvalue weighted by Gasteiger charge is -2.09. The van der Waals surface area contributed by atoms with Crippen molar-refractivity contribution in [2.75, 3.05) is 6.61 Å². The van der Waals surface area contributed by atoms with Gasteiger partial charge in [-0.05, 0) is 52.9 Å². The first-order valence-corrected chi connectivity index (χ1v) is 11.1. The van der Waals surface area contributed by atoms with Crippen LogP contribution in [-0.4, -0.2) is 15.0 Å². The summed E-state index contributed by atoms with van der Waals surface area (Å²) < 4.78 is 46.7. The lowest BCUT2D eigenvalue weighted by molar-refractivity contribution is 0.357. The molecule has 0 bridgehead atoms. The largest absolute Gasteiger partial charge is 0.493 e. The van der Waals surface area contributed by atoms with Gasteiger partial charge in [0.15, 0.2) is 0 Å². The SMILES string of the molecule is Cc1ccc(CS(=O)(=O)NCc2ccc(-c3ccc4c(c3)CCO4)cc2)c(F)c1. The number of fused-ring (bicyclic) bond motifs is 1. The van der Waals surface area contributed by atoms with Gasteiger partial charge in [0.1, 0.15) is 11.6 Å². The Hall–Kier alpha value is -2.70. The monoisotopic (exact) mass is 411 g/mol. The average molecular weight is 411 g/mol. The number of aryl methyl sites for hydroxylation is 1. The average Bonchev–Trinajstić information content (AvgIpc) is 3.17. The first-order valence-electron chi connectivity index (χ1n) is 9.47. The molecular weight excluding hydrogens is 389 g/mol. The number of ether oxygens (including phenoxy) is 1. The maximum Gasteiger partial charge on any atom is 0.216 e. The first-order chi connectivity index (χ1) is 13.9. The maximum absolute atomic E-state index is 13.9. The Labute approximate surface area is 170 Å². The second-order valence-corrected chi connectivity index (χ2v) is 9.10. The summed E-state index contributed by atoms with van der Waals surface area (Å²) in [6, 6.07) is 18.5. The van der Waals surface area contributed by atoms with Gasteiger partial charge in [0.2, 0.25) is 10.0 Å². The quantitative estimate of drug-likeness (QED) is 0.656. The minimum Gasteiger partial charge on any atom is -0.493 e. The molecule has 0 spiro atoms. The molecule has 3 aromatic carbocycles. The van der Waals surface area contributed by atoms with Crippen molar-refractivity contribution < 1.29 is 17.5 Å². The summed E-state index contributed by atoms with van der Waals surface area (Å²) in [5, 5.41) is 0. The molecule has 0 unspecified atom stereocenters. The van der Waals surface area contributed by atoms with E-state index in [0.717, 1.165) is 41.0 Å². The predicted octanol–water partition coefficient (Wildman–Crippen LogP) is 4.36. The lowest BCUT2D eigenvalue weighted by Crippen LogP contribution is -2.25. The third-order valence-corrected chi connectivity index (χ3v) is 6.30. The first kappa shape index (κ1) is 19.6. The molecule has 150 valence electrons. The molecule has 0 saturated carbocycles. The Bertz CT molecular complexity index is 1140. The van der Waals surface area contributed by atoms with E-state index in [1.54, 1.807) is 13.0 Å². The topological polar surface area (TPSA) is 55.4 Å². The van der Waals surface area contributed by atoms with Gasteiger partial charge >= 0.3 is 0 Å². The molecule has 1 heterocycles. The minimum absolute atomic E-state index is 0.161. The fourth-order valence-corrected chi connectivity index (χ4v) is 4.53. The Morgan fingerprint density at radius 3 is 2.52 bits per heavy atom. The fraction of sp³-hybridized carbons (Fsp3) is 0.217. The van der Waals surface area contributed by atoms with E-state index in [1.165, 1.54) is 17.7 Å². The standard InChI is InChI=1S/C23H22FNO3S/c1-16-2-5-21(22(24)12-16)15-29(26,27)25-14-17-3-6-18(7-4-17)19-8-9-23-20(13-19)10-11-28-23/h2-9,12-13,25H,10-11,14-15H2,1H3. The van der Waals surface area contributed by atoms with Crippen LogP contribution in [0.2, 0.25) is 0 Å². The Morgan fingerprint density at radius 2 is 1.76 bits per heavy atom. The smallest absolute Gasteiger partial charge is 0.216 e. The van der Waals surface area contributed by atoms with Crippen LogP contribution in [0.15, 0.2) is 60.7 Å². The number of benzene rings is 3. The van der Waals surface area contributed by atoms with Gasteiger partial charge in [-0.3, -0.25) is 0 Å². The minimum atomic E-state index is -3.64. The van der Waals surface area contributed by atoms with E-state index >= 15 is 0 Å². The van der Waals surface area contributed by atoms with Crippen LogP contribution in [0.4, 0.5) is 4.39 Å². The predicted molar refractivity (Wildman–Crippen MR) is 112 cm³/mol. The Kier molecular flexibility index (Phi) is 5.39. The third-order valence-electron chi connectivity index (χ3n) is 5.03. The highest BCUT2D eigenvalue weighted by Crippen LogP contribution is 2.30. The van der Waals surface area contributed by atoms with Crippen molar-refractivity contribution in [3.05, 3.63) is 88.7 Å². The molecule has 29 heavy (non-hydrogen) atoms. The van der Waals surface area contributed by atoms with Crippen molar-refractivity contribution in [3.8, 4) is 16.9 Å². The summed E-state index contributed by atoms with van der Waals surface area (Å²) in [6.07, 6.45) is 0.921. The maximum atomic E-state index is 13.9. The second-order valence-electron chi connectivity index (χ2n) is 7.29.